The molecule has 0 bridgehead atoms. The fourth-order valence-corrected chi connectivity index (χ4v) is 6.21. The van der Waals surface area contributed by atoms with Crippen LogP contribution in [0.4, 0.5) is 22.0 Å². The van der Waals surface area contributed by atoms with Crippen molar-refractivity contribution < 1.29 is 26.7 Å². The van der Waals surface area contributed by atoms with E-state index in [9.17, 15) is 22.0 Å². The summed E-state index contributed by atoms with van der Waals surface area (Å²) in [5.74, 6) is -2.22. The molecular weight excluding hydrogens is 471 g/mol. The Kier molecular flexibility index (Phi) is 8.95. The Morgan fingerprint density at radius 2 is 1.19 bits per heavy atom. The first-order chi connectivity index (χ1) is 17.2. The van der Waals surface area contributed by atoms with E-state index < -0.39 is 29.1 Å². The van der Waals surface area contributed by atoms with Crippen molar-refractivity contribution in [3.8, 4) is 5.75 Å². The summed E-state index contributed by atoms with van der Waals surface area (Å²) in [7, 11) is 0. The summed E-state index contributed by atoms with van der Waals surface area (Å²) < 4.78 is 73.4. The van der Waals surface area contributed by atoms with Crippen LogP contribution >= 0.6 is 0 Å². The molecule has 0 spiro atoms. The molecule has 2 aliphatic carbocycles. The van der Waals surface area contributed by atoms with Gasteiger partial charge in [-0.25, -0.2) is 13.2 Å². The van der Waals surface area contributed by atoms with Gasteiger partial charge in [0.05, 0.1) is 5.56 Å². The summed E-state index contributed by atoms with van der Waals surface area (Å²) in [5, 5.41) is 0. The Hall–Kier alpha value is -2.11. The van der Waals surface area contributed by atoms with E-state index in [1.54, 1.807) is 12.1 Å². The zero-order valence-corrected chi connectivity index (χ0v) is 21.1. The van der Waals surface area contributed by atoms with Crippen LogP contribution in [-0.2, 0) is 6.11 Å². The van der Waals surface area contributed by atoms with Crippen molar-refractivity contribution in [2.45, 2.75) is 96.0 Å². The average Bonchev–Trinajstić information content (AvgIpc) is 2.87. The van der Waals surface area contributed by atoms with Gasteiger partial charge < -0.3 is 4.74 Å². The highest BCUT2D eigenvalue weighted by atomic mass is 19.3. The lowest BCUT2D eigenvalue weighted by Gasteiger charge is -2.32. The van der Waals surface area contributed by atoms with E-state index in [0.717, 1.165) is 36.2 Å². The molecule has 4 rings (SSSR count). The molecule has 0 amide bonds. The third kappa shape index (κ3) is 6.80. The van der Waals surface area contributed by atoms with Crippen molar-refractivity contribution >= 4 is 0 Å². The standard InChI is InChI=1S/C30H37F5O/c1-2-3-20-4-6-21(7-5-20)8-9-22-10-12-23(13-11-22)24-14-16-26(17-15-24)36-30(34,35)25-18-27(31)29(33)28(32)19-25/h14-23H,2-13H2,1H3. The van der Waals surface area contributed by atoms with E-state index >= 15 is 0 Å². The Morgan fingerprint density at radius 3 is 1.69 bits per heavy atom. The first-order valence-corrected chi connectivity index (χ1v) is 13.6. The number of benzene rings is 2. The predicted molar refractivity (Wildman–Crippen MR) is 132 cm³/mol. The summed E-state index contributed by atoms with van der Waals surface area (Å²) in [5.41, 5.74) is 0.0209. The van der Waals surface area contributed by atoms with Gasteiger partial charge in [-0.15, -0.1) is 0 Å². The monoisotopic (exact) mass is 508 g/mol. The predicted octanol–water partition coefficient (Wildman–Crippen LogP) is 9.89. The fourth-order valence-electron chi connectivity index (χ4n) is 6.21. The minimum Gasteiger partial charge on any atom is -0.429 e. The molecule has 2 aromatic rings. The molecule has 0 aromatic heterocycles. The van der Waals surface area contributed by atoms with Crippen LogP contribution in [0.25, 0.3) is 0 Å². The summed E-state index contributed by atoms with van der Waals surface area (Å²) in [6.07, 6.45) is 11.6. The molecule has 36 heavy (non-hydrogen) atoms. The second-order valence-corrected chi connectivity index (χ2v) is 10.9. The fraction of sp³-hybridized carbons (Fsp3) is 0.600. The van der Waals surface area contributed by atoms with Gasteiger partial charge in [-0.1, -0.05) is 70.4 Å². The highest BCUT2D eigenvalue weighted by Gasteiger charge is 2.36. The van der Waals surface area contributed by atoms with E-state index in [4.69, 9.17) is 4.74 Å². The van der Waals surface area contributed by atoms with Crippen molar-refractivity contribution in [1.29, 1.82) is 0 Å². The Balaban J connectivity index is 1.24. The lowest BCUT2D eigenvalue weighted by molar-refractivity contribution is -0.185. The zero-order chi connectivity index (χ0) is 25.7. The number of ether oxygens (including phenoxy) is 1. The number of alkyl halides is 2. The molecule has 6 heteroatoms. The molecule has 2 saturated carbocycles. The molecule has 0 radical (unpaired) electrons. The van der Waals surface area contributed by atoms with Crippen LogP contribution in [0, 0.1) is 35.2 Å². The van der Waals surface area contributed by atoms with Crippen molar-refractivity contribution in [2.24, 2.45) is 17.8 Å². The van der Waals surface area contributed by atoms with Crippen LogP contribution in [0.5, 0.6) is 5.75 Å². The molecule has 0 aliphatic heterocycles. The Morgan fingerprint density at radius 1 is 0.722 bits per heavy atom. The summed E-state index contributed by atoms with van der Waals surface area (Å²) in [6, 6.07) is 7.00. The highest BCUT2D eigenvalue weighted by Crippen LogP contribution is 2.41. The summed E-state index contributed by atoms with van der Waals surface area (Å²) in [6.45, 7) is 2.28. The van der Waals surface area contributed by atoms with Gasteiger partial charge in [-0.3, -0.25) is 0 Å². The van der Waals surface area contributed by atoms with Gasteiger partial charge in [-0.05, 0) is 79.2 Å². The van der Waals surface area contributed by atoms with Gasteiger partial charge in [0, 0.05) is 0 Å². The van der Waals surface area contributed by atoms with Crippen LogP contribution in [0.3, 0.4) is 0 Å². The van der Waals surface area contributed by atoms with Gasteiger partial charge in [0.1, 0.15) is 5.75 Å². The van der Waals surface area contributed by atoms with Gasteiger partial charge in [0.15, 0.2) is 17.5 Å². The summed E-state index contributed by atoms with van der Waals surface area (Å²) >= 11 is 0. The maximum atomic E-state index is 14.4. The van der Waals surface area contributed by atoms with Gasteiger partial charge in [0.25, 0.3) is 0 Å². The van der Waals surface area contributed by atoms with Crippen LogP contribution in [0.2, 0.25) is 0 Å². The lowest BCUT2D eigenvalue weighted by atomic mass is 9.74. The number of rotatable bonds is 9. The molecule has 1 nitrogen and oxygen atoms in total. The SMILES string of the molecule is CCCC1CCC(CCC2CCC(c3ccc(OC(F)(F)c4cc(F)c(F)c(F)c4)cc3)CC2)CC1. The summed E-state index contributed by atoms with van der Waals surface area (Å²) in [4.78, 5) is 0. The molecule has 0 N–H and O–H groups in total. The number of hydrogen-bond donors (Lipinski definition) is 0. The Bertz CT molecular complexity index is 950. The van der Waals surface area contributed by atoms with Crippen molar-refractivity contribution in [3.63, 3.8) is 0 Å². The van der Waals surface area contributed by atoms with Crippen LogP contribution < -0.4 is 4.74 Å². The van der Waals surface area contributed by atoms with E-state index in [-0.39, 0.29) is 17.9 Å². The van der Waals surface area contributed by atoms with Crippen molar-refractivity contribution in [3.05, 3.63) is 65.0 Å². The second-order valence-electron chi connectivity index (χ2n) is 10.9. The molecule has 2 fully saturated rings. The third-order valence-corrected chi connectivity index (χ3v) is 8.41. The number of hydrogen-bond acceptors (Lipinski definition) is 1. The van der Waals surface area contributed by atoms with Crippen molar-refractivity contribution in [2.75, 3.05) is 0 Å². The molecular formula is C30H37F5O. The van der Waals surface area contributed by atoms with Gasteiger partial charge in [0.2, 0.25) is 0 Å². The highest BCUT2D eigenvalue weighted by molar-refractivity contribution is 5.31. The molecule has 0 saturated heterocycles. The maximum absolute atomic E-state index is 14.4. The third-order valence-electron chi connectivity index (χ3n) is 8.41. The smallest absolute Gasteiger partial charge is 0.426 e. The number of halogens is 5. The van der Waals surface area contributed by atoms with E-state index in [1.165, 1.54) is 76.3 Å². The average molecular weight is 509 g/mol. The maximum Gasteiger partial charge on any atom is 0.426 e. The molecule has 0 unspecified atom stereocenters. The van der Waals surface area contributed by atoms with Crippen LogP contribution in [0.15, 0.2) is 36.4 Å². The minimum atomic E-state index is -4.00. The normalized spacial score (nSPS) is 25.1. The molecule has 198 valence electrons. The quantitative estimate of drug-likeness (QED) is 0.242. The minimum absolute atomic E-state index is 0.115. The molecule has 0 atom stereocenters. The molecule has 0 heterocycles. The van der Waals surface area contributed by atoms with Crippen LogP contribution in [-0.4, -0.2) is 0 Å². The van der Waals surface area contributed by atoms with E-state index in [2.05, 4.69) is 6.92 Å². The molecule has 2 aromatic carbocycles. The van der Waals surface area contributed by atoms with Gasteiger partial charge >= 0.3 is 6.11 Å². The molecule has 2 aliphatic rings. The second kappa shape index (κ2) is 12.0. The van der Waals surface area contributed by atoms with Gasteiger partial charge in [-0.2, -0.15) is 8.78 Å². The largest absolute Gasteiger partial charge is 0.429 e. The van der Waals surface area contributed by atoms with E-state index in [0.29, 0.717) is 5.92 Å². The first kappa shape index (κ1) is 26.9. The first-order valence-electron chi connectivity index (χ1n) is 13.6. The topological polar surface area (TPSA) is 9.23 Å². The van der Waals surface area contributed by atoms with Crippen molar-refractivity contribution in [1.82, 2.24) is 0 Å². The van der Waals surface area contributed by atoms with Crippen LogP contribution in [0.1, 0.15) is 101 Å². The lowest BCUT2D eigenvalue weighted by Crippen LogP contribution is -2.22. The Labute approximate surface area is 211 Å². The zero-order valence-electron chi connectivity index (χ0n) is 21.1. The van der Waals surface area contributed by atoms with E-state index in [1.807, 2.05) is 0 Å².